The van der Waals surface area contributed by atoms with Crippen LogP contribution in [0.15, 0.2) is 59.5 Å². The molecule has 3 aromatic carbocycles. The van der Waals surface area contributed by atoms with Crippen LogP contribution in [-0.4, -0.2) is 60.3 Å². The summed E-state index contributed by atoms with van der Waals surface area (Å²) in [7, 11) is 2.33. The summed E-state index contributed by atoms with van der Waals surface area (Å²) in [6.07, 6.45) is 0.558. The number of carbonyl (C=O) groups is 1. The molecule has 10 heteroatoms. The molecule has 0 aromatic heterocycles. The summed E-state index contributed by atoms with van der Waals surface area (Å²) in [5.41, 5.74) is 3.58. The van der Waals surface area contributed by atoms with Gasteiger partial charge in [-0.3, -0.25) is 4.79 Å². The third-order valence-corrected chi connectivity index (χ3v) is 8.47. The molecule has 0 saturated carbocycles. The molecule has 1 heterocycles. The molecule has 3 aromatic rings. The maximum atomic E-state index is 13.9. The van der Waals surface area contributed by atoms with E-state index < -0.39 is 22.1 Å². The van der Waals surface area contributed by atoms with Crippen molar-refractivity contribution in [2.75, 3.05) is 35.0 Å². The number of amides is 1. The van der Waals surface area contributed by atoms with E-state index in [0.717, 1.165) is 22.3 Å². The lowest BCUT2D eigenvalue weighted by Crippen LogP contribution is -2.50. The fourth-order valence-electron chi connectivity index (χ4n) is 4.88. The number of sulfonamides is 1. The quantitative estimate of drug-likeness (QED) is 0.428. The van der Waals surface area contributed by atoms with E-state index in [0.29, 0.717) is 36.0 Å². The van der Waals surface area contributed by atoms with E-state index in [1.165, 1.54) is 12.1 Å². The topological polar surface area (TPSA) is 103 Å². The Morgan fingerprint density at radius 1 is 0.872 bits per heavy atom. The molecule has 0 unspecified atom stereocenters. The number of methoxy groups -OCH3 is 4. The minimum absolute atomic E-state index is 0.102. The Hall–Kier alpha value is -3.76. The second kappa shape index (κ2) is 11.5. The van der Waals surface area contributed by atoms with Crippen LogP contribution in [0, 0.1) is 6.92 Å². The minimum atomic E-state index is -3.91. The summed E-state index contributed by atoms with van der Waals surface area (Å²) in [4.78, 5) is 15.7. The normalized spacial score (nSPS) is 15.7. The van der Waals surface area contributed by atoms with Gasteiger partial charge in [0.1, 0.15) is 0 Å². The van der Waals surface area contributed by atoms with Gasteiger partial charge in [-0.2, -0.15) is 4.72 Å². The summed E-state index contributed by atoms with van der Waals surface area (Å²) in [6, 6.07) is 14.2. The molecule has 0 fully saturated rings. The highest BCUT2D eigenvalue weighted by Crippen LogP contribution is 2.43. The van der Waals surface area contributed by atoms with Crippen LogP contribution in [0.4, 0.5) is 0 Å². The molecule has 0 bridgehead atoms. The molecule has 1 N–H and O–H groups in total. The molecule has 0 aliphatic carbocycles. The van der Waals surface area contributed by atoms with E-state index >= 15 is 0 Å². The summed E-state index contributed by atoms with van der Waals surface area (Å²) in [6.45, 7) is 3.81. The Kier molecular flexibility index (Phi) is 8.36. The first-order valence-electron chi connectivity index (χ1n) is 12.5. The van der Waals surface area contributed by atoms with Crippen molar-refractivity contribution in [3.63, 3.8) is 0 Å². The maximum Gasteiger partial charge on any atom is 0.241 e. The molecule has 1 amide bonds. The van der Waals surface area contributed by atoms with Crippen LogP contribution in [0.1, 0.15) is 35.2 Å². The number of nitrogens with one attached hydrogen (secondary N) is 1. The Labute approximate surface area is 229 Å². The predicted molar refractivity (Wildman–Crippen MR) is 147 cm³/mol. The van der Waals surface area contributed by atoms with Gasteiger partial charge < -0.3 is 23.8 Å². The first-order chi connectivity index (χ1) is 18.6. The summed E-state index contributed by atoms with van der Waals surface area (Å²) < 4.78 is 50.7. The molecule has 1 aliphatic heterocycles. The van der Waals surface area contributed by atoms with E-state index in [2.05, 4.69) is 4.72 Å². The zero-order valence-corrected chi connectivity index (χ0v) is 23.8. The molecule has 0 saturated heterocycles. The highest BCUT2D eigenvalue weighted by Gasteiger charge is 2.36. The number of nitrogens with zero attached hydrogens (tertiary/aromatic N) is 1. The van der Waals surface area contributed by atoms with Crippen LogP contribution in [0.2, 0.25) is 0 Å². The van der Waals surface area contributed by atoms with E-state index in [1.54, 1.807) is 58.5 Å². The van der Waals surface area contributed by atoms with Gasteiger partial charge in [-0.05, 0) is 73.4 Å². The molecular weight excluding hydrogens is 520 g/mol. The predicted octanol–water partition coefficient (Wildman–Crippen LogP) is 3.87. The first-order valence-corrected chi connectivity index (χ1v) is 14.0. The second-order valence-corrected chi connectivity index (χ2v) is 11.1. The lowest BCUT2D eigenvalue weighted by molar-refractivity contribution is -0.134. The van der Waals surface area contributed by atoms with Crippen molar-refractivity contribution in [2.45, 2.75) is 37.2 Å². The van der Waals surface area contributed by atoms with Crippen molar-refractivity contribution in [3.8, 4) is 23.0 Å². The maximum absolute atomic E-state index is 13.9. The van der Waals surface area contributed by atoms with Gasteiger partial charge in [-0.1, -0.05) is 23.8 Å². The third-order valence-electron chi connectivity index (χ3n) is 6.91. The van der Waals surface area contributed by atoms with Crippen molar-refractivity contribution in [3.05, 3.63) is 76.9 Å². The standard InChI is InChI=1S/C29H34N2O7S/c1-18-7-10-22(11-8-18)39(33,34)30-19(2)29(32)31-14-13-20-15-26(37-5)27(38-6)17-23(20)28(31)21-9-12-24(35-3)25(16-21)36-4/h7-12,15-17,19,28,30H,13-14H2,1-6H3/t19-,28-/m1/s1. The van der Waals surface area contributed by atoms with Gasteiger partial charge in [0, 0.05) is 6.54 Å². The zero-order chi connectivity index (χ0) is 28.3. The van der Waals surface area contributed by atoms with Crippen LogP contribution in [0.5, 0.6) is 23.0 Å². The fourth-order valence-corrected chi connectivity index (χ4v) is 6.08. The van der Waals surface area contributed by atoms with Crippen molar-refractivity contribution in [1.82, 2.24) is 9.62 Å². The van der Waals surface area contributed by atoms with Gasteiger partial charge in [-0.15, -0.1) is 0 Å². The molecule has 39 heavy (non-hydrogen) atoms. The number of carbonyl (C=O) groups excluding carboxylic acids is 1. The Morgan fingerprint density at radius 3 is 2.08 bits per heavy atom. The highest BCUT2D eigenvalue weighted by atomic mass is 32.2. The Balaban J connectivity index is 1.76. The molecule has 4 rings (SSSR count). The largest absolute Gasteiger partial charge is 0.493 e. The average molecular weight is 555 g/mol. The molecule has 1 aliphatic rings. The molecule has 9 nitrogen and oxygen atoms in total. The summed E-state index contributed by atoms with van der Waals surface area (Å²) in [5, 5.41) is 0. The SMILES string of the molecule is COc1ccc([C@@H]2c3cc(OC)c(OC)cc3CCN2C(=O)[C@@H](C)NS(=O)(=O)c2ccc(C)cc2)cc1OC. The monoisotopic (exact) mass is 554 g/mol. The smallest absolute Gasteiger partial charge is 0.241 e. The number of fused-ring (bicyclic) bond motifs is 1. The zero-order valence-electron chi connectivity index (χ0n) is 23.0. The lowest BCUT2D eigenvalue weighted by Gasteiger charge is -2.39. The van der Waals surface area contributed by atoms with E-state index in [1.807, 2.05) is 31.2 Å². The van der Waals surface area contributed by atoms with Gasteiger partial charge in [0.2, 0.25) is 15.9 Å². The van der Waals surface area contributed by atoms with Gasteiger partial charge in [0.15, 0.2) is 23.0 Å². The van der Waals surface area contributed by atoms with Crippen molar-refractivity contribution in [2.24, 2.45) is 0 Å². The molecule has 0 radical (unpaired) electrons. The number of hydrogen-bond acceptors (Lipinski definition) is 7. The fraction of sp³-hybridized carbons (Fsp3) is 0.345. The minimum Gasteiger partial charge on any atom is -0.493 e. The molecule has 0 spiro atoms. The Morgan fingerprint density at radius 2 is 1.46 bits per heavy atom. The third kappa shape index (κ3) is 5.67. The van der Waals surface area contributed by atoms with Crippen molar-refractivity contribution in [1.29, 1.82) is 0 Å². The van der Waals surface area contributed by atoms with Crippen LogP contribution in [-0.2, 0) is 21.2 Å². The molecule has 208 valence electrons. The molecule has 2 atom stereocenters. The molecular formula is C29H34N2O7S. The number of benzene rings is 3. The average Bonchev–Trinajstić information content (AvgIpc) is 2.94. The van der Waals surface area contributed by atoms with Gasteiger partial charge in [0.25, 0.3) is 0 Å². The van der Waals surface area contributed by atoms with E-state index in [4.69, 9.17) is 18.9 Å². The first kappa shape index (κ1) is 28.3. The van der Waals surface area contributed by atoms with Gasteiger partial charge in [0.05, 0.1) is 45.4 Å². The summed E-state index contributed by atoms with van der Waals surface area (Å²) in [5.74, 6) is 1.85. The van der Waals surface area contributed by atoms with E-state index in [-0.39, 0.29) is 10.8 Å². The van der Waals surface area contributed by atoms with Crippen LogP contribution in [0.3, 0.4) is 0 Å². The number of ether oxygens (including phenoxy) is 4. The van der Waals surface area contributed by atoms with Crippen LogP contribution in [0.25, 0.3) is 0 Å². The van der Waals surface area contributed by atoms with Crippen LogP contribution >= 0.6 is 0 Å². The summed E-state index contributed by atoms with van der Waals surface area (Å²) >= 11 is 0. The second-order valence-electron chi connectivity index (χ2n) is 9.36. The Bertz CT molecular complexity index is 1460. The lowest BCUT2D eigenvalue weighted by atomic mass is 9.87. The number of hydrogen-bond donors (Lipinski definition) is 1. The van der Waals surface area contributed by atoms with Gasteiger partial charge in [-0.25, -0.2) is 8.42 Å². The van der Waals surface area contributed by atoms with Crippen molar-refractivity contribution >= 4 is 15.9 Å². The number of rotatable bonds is 9. The van der Waals surface area contributed by atoms with E-state index in [9.17, 15) is 13.2 Å². The highest BCUT2D eigenvalue weighted by molar-refractivity contribution is 7.89. The van der Waals surface area contributed by atoms with Gasteiger partial charge >= 0.3 is 0 Å². The van der Waals surface area contributed by atoms with Crippen LogP contribution < -0.4 is 23.7 Å². The number of aryl methyl sites for hydroxylation is 1. The van der Waals surface area contributed by atoms with Crippen molar-refractivity contribution < 1.29 is 32.2 Å².